The fourth-order valence-corrected chi connectivity index (χ4v) is 1.63. The average molecular weight is 302 g/mol. The predicted octanol–water partition coefficient (Wildman–Crippen LogP) is 2.02. The molecule has 2 rings (SSSR count). The number of carbonyl (C=O) groups excluding carboxylic acids is 1. The molecule has 0 saturated heterocycles. The largest absolute Gasteiger partial charge is 0.440 e. The van der Waals surface area contributed by atoms with Gasteiger partial charge in [-0.05, 0) is 12.1 Å². The van der Waals surface area contributed by atoms with E-state index in [4.69, 9.17) is 4.42 Å². The molecule has 0 aliphatic rings. The molecule has 0 bridgehead atoms. The Labute approximate surface area is 126 Å². The van der Waals surface area contributed by atoms with Crippen molar-refractivity contribution >= 4 is 23.7 Å². The van der Waals surface area contributed by atoms with E-state index < -0.39 is 10.8 Å². The molecule has 0 aliphatic carbocycles. The highest BCUT2D eigenvalue weighted by molar-refractivity contribution is 5.95. The van der Waals surface area contributed by atoms with Crippen LogP contribution in [-0.2, 0) is 0 Å². The van der Waals surface area contributed by atoms with Crippen molar-refractivity contribution in [3.63, 3.8) is 0 Å². The first-order chi connectivity index (χ1) is 10.5. The molecule has 22 heavy (non-hydrogen) atoms. The molecule has 0 saturated carbocycles. The number of non-ortho nitro benzene ring substituents is 1. The van der Waals surface area contributed by atoms with Crippen molar-refractivity contribution in [3.05, 3.63) is 57.8 Å². The number of amides is 1. The minimum absolute atomic E-state index is 0.153. The van der Waals surface area contributed by atoms with E-state index in [1.807, 2.05) is 14.1 Å². The number of benzene rings is 1. The van der Waals surface area contributed by atoms with Crippen LogP contribution in [-0.4, -0.2) is 31.1 Å². The van der Waals surface area contributed by atoms with Crippen LogP contribution in [0.4, 0.5) is 11.6 Å². The molecule has 0 unspecified atom stereocenters. The number of anilines is 1. The van der Waals surface area contributed by atoms with Crippen LogP contribution in [0.3, 0.4) is 0 Å². The first-order valence-corrected chi connectivity index (χ1v) is 6.32. The molecule has 1 N–H and O–H groups in total. The van der Waals surface area contributed by atoms with E-state index in [-0.39, 0.29) is 11.3 Å². The van der Waals surface area contributed by atoms with E-state index in [9.17, 15) is 14.9 Å². The van der Waals surface area contributed by atoms with Crippen molar-refractivity contribution in [1.82, 2.24) is 5.43 Å². The standard InChI is InChI=1S/C14H14N4O4/c1-17(2)13-7-6-12(22-13)9-15-16-14(19)10-4-3-5-11(8-10)18(20)21/h3-9H,1-2H3,(H,16,19). The minimum Gasteiger partial charge on any atom is -0.440 e. The molecule has 2 aromatic rings. The number of hydrazone groups is 1. The summed E-state index contributed by atoms with van der Waals surface area (Å²) >= 11 is 0. The summed E-state index contributed by atoms with van der Waals surface area (Å²) in [7, 11) is 3.67. The Morgan fingerprint density at radius 2 is 2.14 bits per heavy atom. The molecule has 1 aromatic heterocycles. The maximum Gasteiger partial charge on any atom is 0.271 e. The highest BCUT2D eigenvalue weighted by Gasteiger charge is 2.10. The number of carbonyl (C=O) groups is 1. The van der Waals surface area contributed by atoms with Crippen molar-refractivity contribution in [2.45, 2.75) is 0 Å². The summed E-state index contributed by atoms with van der Waals surface area (Å²) in [5.74, 6) is 0.592. The maximum absolute atomic E-state index is 11.8. The third-order valence-corrected chi connectivity index (χ3v) is 2.73. The Morgan fingerprint density at radius 3 is 2.77 bits per heavy atom. The quantitative estimate of drug-likeness (QED) is 0.517. The molecule has 0 fully saturated rings. The molecule has 0 radical (unpaired) electrons. The average Bonchev–Trinajstić information content (AvgIpc) is 2.96. The number of nitrogens with one attached hydrogen (secondary N) is 1. The van der Waals surface area contributed by atoms with Gasteiger partial charge in [0.05, 0.1) is 11.1 Å². The van der Waals surface area contributed by atoms with Crippen molar-refractivity contribution in [1.29, 1.82) is 0 Å². The summed E-state index contributed by atoms with van der Waals surface area (Å²) in [6.07, 6.45) is 1.35. The summed E-state index contributed by atoms with van der Waals surface area (Å²) in [4.78, 5) is 23.7. The lowest BCUT2D eigenvalue weighted by atomic mass is 10.2. The van der Waals surface area contributed by atoms with E-state index >= 15 is 0 Å². The summed E-state index contributed by atoms with van der Waals surface area (Å²) in [6.45, 7) is 0. The zero-order chi connectivity index (χ0) is 16.1. The molecule has 0 spiro atoms. The van der Waals surface area contributed by atoms with Crippen LogP contribution in [0.1, 0.15) is 16.1 Å². The molecular formula is C14H14N4O4. The smallest absolute Gasteiger partial charge is 0.271 e. The molecule has 1 aromatic carbocycles. The summed E-state index contributed by atoms with van der Waals surface area (Å²) < 4.78 is 5.42. The van der Waals surface area contributed by atoms with Crippen LogP contribution in [0.5, 0.6) is 0 Å². The van der Waals surface area contributed by atoms with Crippen molar-refractivity contribution < 1.29 is 14.1 Å². The Hall–Kier alpha value is -3.16. The second-order valence-electron chi connectivity index (χ2n) is 4.58. The number of rotatable bonds is 5. The molecule has 8 heteroatoms. The fraction of sp³-hybridized carbons (Fsp3) is 0.143. The van der Waals surface area contributed by atoms with Gasteiger partial charge in [0.1, 0.15) is 5.76 Å². The minimum atomic E-state index is -0.564. The highest BCUT2D eigenvalue weighted by Crippen LogP contribution is 2.14. The number of hydrogen-bond acceptors (Lipinski definition) is 6. The lowest BCUT2D eigenvalue weighted by Gasteiger charge is -2.05. The zero-order valence-electron chi connectivity index (χ0n) is 12.0. The van der Waals surface area contributed by atoms with Gasteiger partial charge in [0.25, 0.3) is 11.6 Å². The second-order valence-corrected chi connectivity index (χ2v) is 4.58. The van der Waals surface area contributed by atoms with Crippen molar-refractivity contribution in [2.24, 2.45) is 5.10 Å². The molecule has 1 amide bonds. The summed E-state index contributed by atoms with van der Waals surface area (Å²) in [5.41, 5.74) is 2.28. The van der Waals surface area contributed by atoms with Crippen LogP contribution >= 0.6 is 0 Å². The van der Waals surface area contributed by atoms with Gasteiger partial charge in [-0.3, -0.25) is 14.9 Å². The molecule has 0 atom stereocenters. The SMILES string of the molecule is CN(C)c1ccc(C=NNC(=O)c2cccc([N+](=O)[O-])c2)o1. The highest BCUT2D eigenvalue weighted by atomic mass is 16.6. The van der Waals surface area contributed by atoms with E-state index in [1.165, 1.54) is 30.5 Å². The van der Waals surface area contributed by atoms with Gasteiger partial charge >= 0.3 is 0 Å². The predicted molar refractivity (Wildman–Crippen MR) is 81.2 cm³/mol. The molecule has 114 valence electrons. The first kappa shape index (κ1) is 15.2. The molecule has 1 heterocycles. The van der Waals surface area contributed by atoms with Crippen molar-refractivity contribution in [2.75, 3.05) is 19.0 Å². The first-order valence-electron chi connectivity index (χ1n) is 6.32. The number of nitro benzene ring substituents is 1. The lowest BCUT2D eigenvalue weighted by Crippen LogP contribution is -2.17. The zero-order valence-corrected chi connectivity index (χ0v) is 12.0. The Kier molecular flexibility index (Phi) is 4.52. The van der Waals surface area contributed by atoms with Gasteiger partial charge < -0.3 is 9.32 Å². The van der Waals surface area contributed by atoms with Gasteiger partial charge in [-0.1, -0.05) is 6.07 Å². The Bertz CT molecular complexity index is 721. The molecule has 8 nitrogen and oxygen atoms in total. The lowest BCUT2D eigenvalue weighted by molar-refractivity contribution is -0.384. The van der Waals surface area contributed by atoms with Crippen LogP contribution in [0.2, 0.25) is 0 Å². The normalized spacial score (nSPS) is 10.6. The number of furan rings is 1. The third kappa shape index (κ3) is 3.69. The fourth-order valence-electron chi connectivity index (χ4n) is 1.63. The Morgan fingerprint density at radius 1 is 1.36 bits per heavy atom. The van der Waals surface area contributed by atoms with Gasteiger partial charge in [0.15, 0.2) is 5.88 Å². The van der Waals surface area contributed by atoms with Crippen LogP contribution < -0.4 is 10.3 Å². The molecular weight excluding hydrogens is 288 g/mol. The second kappa shape index (κ2) is 6.53. The van der Waals surface area contributed by atoms with Gasteiger partial charge in [-0.25, -0.2) is 5.43 Å². The van der Waals surface area contributed by atoms with Crippen LogP contribution in [0.25, 0.3) is 0 Å². The monoisotopic (exact) mass is 302 g/mol. The summed E-state index contributed by atoms with van der Waals surface area (Å²) in [5, 5.41) is 14.4. The van der Waals surface area contributed by atoms with E-state index in [1.54, 1.807) is 17.0 Å². The van der Waals surface area contributed by atoms with Crippen molar-refractivity contribution in [3.8, 4) is 0 Å². The van der Waals surface area contributed by atoms with E-state index in [0.717, 1.165) is 0 Å². The number of nitro groups is 1. The van der Waals surface area contributed by atoms with Crippen LogP contribution in [0.15, 0.2) is 45.9 Å². The van der Waals surface area contributed by atoms with Gasteiger partial charge in [-0.2, -0.15) is 5.10 Å². The van der Waals surface area contributed by atoms with Gasteiger partial charge in [-0.15, -0.1) is 0 Å². The third-order valence-electron chi connectivity index (χ3n) is 2.73. The number of hydrogen-bond donors (Lipinski definition) is 1. The van der Waals surface area contributed by atoms with E-state index in [2.05, 4.69) is 10.5 Å². The van der Waals surface area contributed by atoms with E-state index in [0.29, 0.717) is 11.6 Å². The van der Waals surface area contributed by atoms with Gasteiger partial charge in [0, 0.05) is 37.9 Å². The van der Waals surface area contributed by atoms with Crippen LogP contribution in [0, 0.1) is 10.1 Å². The van der Waals surface area contributed by atoms with Gasteiger partial charge in [0.2, 0.25) is 0 Å². The summed E-state index contributed by atoms with van der Waals surface area (Å²) in [6, 6.07) is 8.87. The number of nitrogens with zero attached hydrogens (tertiary/aromatic N) is 3. The maximum atomic E-state index is 11.8. The topological polar surface area (TPSA) is 101 Å². The molecule has 0 aliphatic heterocycles. The Balaban J connectivity index is 2.01.